The van der Waals surface area contributed by atoms with Crippen LogP contribution in [-0.4, -0.2) is 18.5 Å². The number of halogens is 2. The van der Waals surface area contributed by atoms with Crippen LogP contribution in [0.15, 0.2) is 16.6 Å². The second-order valence-corrected chi connectivity index (χ2v) is 5.17. The molecule has 0 aliphatic carbocycles. The lowest BCUT2D eigenvalue weighted by atomic mass is 10.2. The van der Waals surface area contributed by atoms with Crippen molar-refractivity contribution in [2.75, 3.05) is 11.9 Å². The lowest BCUT2D eigenvalue weighted by Gasteiger charge is -2.13. The standard InChI is InChI=1S/C13H18BrFN2O/c1-4-9(3)16-7-13(18)17-12-6-10(14)11(15)5-8(12)2/h5-6,9,16H,4,7H2,1-3H3,(H,17,18). The van der Waals surface area contributed by atoms with Crippen LogP contribution in [0.5, 0.6) is 0 Å². The number of carbonyl (C=O) groups is 1. The van der Waals surface area contributed by atoms with Gasteiger partial charge < -0.3 is 10.6 Å². The Balaban J connectivity index is 2.62. The fourth-order valence-electron chi connectivity index (χ4n) is 1.39. The molecule has 0 fully saturated rings. The molecule has 1 aromatic rings. The smallest absolute Gasteiger partial charge is 0.238 e. The molecule has 18 heavy (non-hydrogen) atoms. The molecule has 0 spiro atoms. The number of hydrogen-bond donors (Lipinski definition) is 2. The van der Waals surface area contributed by atoms with Gasteiger partial charge in [0.05, 0.1) is 11.0 Å². The van der Waals surface area contributed by atoms with Gasteiger partial charge in [0.25, 0.3) is 0 Å². The minimum absolute atomic E-state index is 0.128. The Morgan fingerprint density at radius 2 is 2.17 bits per heavy atom. The number of benzene rings is 1. The Bertz CT molecular complexity index is 437. The molecule has 0 aliphatic rings. The molecule has 0 saturated carbocycles. The lowest BCUT2D eigenvalue weighted by molar-refractivity contribution is -0.115. The van der Waals surface area contributed by atoms with Crippen molar-refractivity contribution in [3.05, 3.63) is 28.0 Å². The highest BCUT2D eigenvalue weighted by molar-refractivity contribution is 9.10. The van der Waals surface area contributed by atoms with Gasteiger partial charge in [-0.1, -0.05) is 6.92 Å². The monoisotopic (exact) mass is 316 g/mol. The third-order valence-corrected chi connectivity index (χ3v) is 3.37. The first kappa shape index (κ1) is 15.1. The first-order valence-electron chi connectivity index (χ1n) is 5.93. The molecule has 5 heteroatoms. The third-order valence-electron chi connectivity index (χ3n) is 2.76. The third kappa shape index (κ3) is 4.38. The van der Waals surface area contributed by atoms with Gasteiger partial charge in [-0.15, -0.1) is 0 Å². The Morgan fingerprint density at radius 3 is 2.78 bits per heavy atom. The van der Waals surface area contributed by atoms with Gasteiger partial charge in [-0.05, 0) is 53.9 Å². The van der Waals surface area contributed by atoms with Crippen LogP contribution in [0.25, 0.3) is 0 Å². The molecule has 3 nitrogen and oxygen atoms in total. The minimum atomic E-state index is -0.330. The van der Waals surface area contributed by atoms with Crippen molar-refractivity contribution in [3.8, 4) is 0 Å². The Hall–Kier alpha value is -0.940. The summed E-state index contributed by atoms with van der Waals surface area (Å²) < 4.78 is 13.6. The molecule has 1 atom stereocenters. The summed E-state index contributed by atoms with van der Waals surface area (Å²) in [7, 11) is 0. The number of hydrogen-bond acceptors (Lipinski definition) is 2. The molecule has 0 radical (unpaired) electrons. The van der Waals surface area contributed by atoms with E-state index < -0.39 is 0 Å². The average molecular weight is 317 g/mol. The van der Waals surface area contributed by atoms with E-state index in [2.05, 4.69) is 33.5 Å². The molecular weight excluding hydrogens is 299 g/mol. The van der Waals surface area contributed by atoms with E-state index in [1.165, 1.54) is 6.07 Å². The van der Waals surface area contributed by atoms with Gasteiger partial charge in [-0.2, -0.15) is 0 Å². The van der Waals surface area contributed by atoms with Crippen molar-refractivity contribution >= 4 is 27.5 Å². The maximum absolute atomic E-state index is 13.2. The quantitative estimate of drug-likeness (QED) is 0.875. The predicted octanol–water partition coefficient (Wildman–Crippen LogP) is 3.22. The molecule has 1 aromatic carbocycles. The second kappa shape index (κ2) is 6.85. The fraction of sp³-hybridized carbons (Fsp3) is 0.462. The molecule has 0 aromatic heterocycles. The highest BCUT2D eigenvalue weighted by Gasteiger charge is 2.09. The summed E-state index contributed by atoms with van der Waals surface area (Å²) in [5.41, 5.74) is 1.33. The van der Waals surface area contributed by atoms with Crippen molar-refractivity contribution in [1.29, 1.82) is 0 Å². The number of amides is 1. The van der Waals surface area contributed by atoms with Crippen molar-refractivity contribution in [2.45, 2.75) is 33.2 Å². The summed E-state index contributed by atoms with van der Waals surface area (Å²) in [4.78, 5) is 11.7. The number of carbonyl (C=O) groups excluding carboxylic acids is 1. The van der Waals surface area contributed by atoms with Gasteiger partial charge >= 0.3 is 0 Å². The first-order valence-corrected chi connectivity index (χ1v) is 6.72. The van der Waals surface area contributed by atoms with Crippen LogP contribution < -0.4 is 10.6 Å². The molecule has 0 heterocycles. The van der Waals surface area contributed by atoms with Gasteiger partial charge in [-0.25, -0.2) is 4.39 Å². The van der Waals surface area contributed by atoms with Crippen molar-refractivity contribution < 1.29 is 9.18 Å². The van der Waals surface area contributed by atoms with Crippen molar-refractivity contribution in [3.63, 3.8) is 0 Å². The largest absolute Gasteiger partial charge is 0.325 e. The molecule has 1 amide bonds. The Kier molecular flexibility index (Phi) is 5.75. The summed E-state index contributed by atoms with van der Waals surface area (Å²) in [5.74, 6) is -0.458. The maximum Gasteiger partial charge on any atom is 0.238 e. The fourth-order valence-corrected chi connectivity index (χ4v) is 1.73. The van der Waals surface area contributed by atoms with Crippen LogP contribution >= 0.6 is 15.9 Å². The van der Waals surface area contributed by atoms with Crippen LogP contribution in [0.2, 0.25) is 0 Å². The van der Waals surface area contributed by atoms with Crippen LogP contribution in [-0.2, 0) is 4.79 Å². The second-order valence-electron chi connectivity index (χ2n) is 4.32. The van der Waals surface area contributed by atoms with Gasteiger partial charge in [-0.3, -0.25) is 4.79 Å². The number of rotatable bonds is 5. The van der Waals surface area contributed by atoms with Crippen molar-refractivity contribution in [1.82, 2.24) is 5.32 Å². The van der Waals surface area contributed by atoms with Crippen LogP contribution in [0, 0.1) is 12.7 Å². The molecular formula is C13H18BrFN2O. The summed E-state index contributed by atoms with van der Waals surface area (Å²) in [6, 6.07) is 3.27. The average Bonchev–Trinajstić information content (AvgIpc) is 2.33. The lowest BCUT2D eigenvalue weighted by Crippen LogP contribution is -2.34. The predicted molar refractivity (Wildman–Crippen MR) is 75.2 cm³/mol. The van der Waals surface area contributed by atoms with Crippen LogP contribution in [0.4, 0.5) is 10.1 Å². The van der Waals surface area contributed by atoms with Crippen LogP contribution in [0.3, 0.4) is 0 Å². The van der Waals surface area contributed by atoms with Gasteiger partial charge in [0.15, 0.2) is 0 Å². The molecule has 1 rings (SSSR count). The first-order chi connectivity index (χ1) is 8.43. The van der Waals surface area contributed by atoms with E-state index in [1.807, 2.05) is 6.92 Å². The zero-order valence-corrected chi connectivity index (χ0v) is 12.4. The zero-order valence-electron chi connectivity index (χ0n) is 10.8. The molecule has 0 bridgehead atoms. The van der Waals surface area contributed by atoms with Crippen LogP contribution in [0.1, 0.15) is 25.8 Å². The Labute approximate surface area is 115 Å². The van der Waals surface area contributed by atoms with E-state index in [9.17, 15) is 9.18 Å². The van der Waals surface area contributed by atoms with E-state index in [4.69, 9.17) is 0 Å². The topological polar surface area (TPSA) is 41.1 Å². The molecule has 0 saturated heterocycles. The minimum Gasteiger partial charge on any atom is -0.325 e. The highest BCUT2D eigenvalue weighted by atomic mass is 79.9. The molecule has 0 aliphatic heterocycles. The highest BCUT2D eigenvalue weighted by Crippen LogP contribution is 2.24. The van der Waals surface area contributed by atoms with E-state index in [0.29, 0.717) is 21.8 Å². The summed E-state index contributed by atoms with van der Waals surface area (Å²) in [6.07, 6.45) is 0.967. The summed E-state index contributed by atoms with van der Waals surface area (Å²) in [6.45, 7) is 6.08. The maximum atomic E-state index is 13.2. The van der Waals surface area contributed by atoms with E-state index in [0.717, 1.165) is 6.42 Å². The zero-order chi connectivity index (χ0) is 13.7. The summed E-state index contributed by atoms with van der Waals surface area (Å²) >= 11 is 3.10. The van der Waals surface area contributed by atoms with Gasteiger partial charge in [0.1, 0.15) is 5.82 Å². The van der Waals surface area contributed by atoms with Gasteiger partial charge in [0.2, 0.25) is 5.91 Å². The molecule has 100 valence electrons. The summed E-state index contributed by atoms with van der Waals surface area (Å²) in [5, 5.41) is 5.86. The molecule has 1 unspecified atom stereocenters. The SMILES string of the molecule is CCC(C)NCC(=O)Nc1cc(Br)c(F)cc1C. The van der Waals surface area contributed by atoms with Gasteiger partial charge in [0, 0.05) is 11.7 Å². The van der Waals surface area contributed by atoms with Crippen molar-refractivity contribution in [2.24, 2.45) is 0 Å². The molecule has 2 N–H and O–H groups in total. The number of aryl methyl sites for hydroxylation is 1. The number of nitrogens with one attached hydrogen (secondary N) is 2. The van der Waals surface area contributed by atoms with E-state index >= 15 is 0 Å². The van der Waals surface area contributed by atoms with E-state index in [1.54, 1.807) is 13.0 Å². The Morgan fingerprint density at radius 1 is 1.50 bits per heavy atom. The number of anilines is 1. The normalized spacial score (nSPS) is 12.3. The van der Waals surface area contributed by atoms with E-state index in [-0.39, 0.29) is 18.3 Å².